The molecule has 2 rings (SSSR count). The second-order valence-corrected chi connectivity index (χ2v) is 6.40. The summed E-state index contributed by atoms with van der Waals surface area (Å²) >= 11 is 0. The van der Waals surface area contributed by atoms with Gasteiger partial charge in [-0.15, -0.1) is 0 Å². The van der Waals surface area contributed by atoms with Crippen LogP contribution in [0.4, 0.5) is 0 Å². The van der Waals surface area contributed by atoms with Crippen LogP contribution in [0.25, 0.3) is 0 Å². The Kier molecular flexibility index (Phi) is 5.26. The van der Waals surface area contributed by atoms with Crippen molar-refractivity contribution in [2.24, 2.45) is 5.84 Å². The molecule has 0 unspecified atom stereocenters. The zero-order chi connectivity index (χ0) is 16.0. The maximum Gasteiger partial charge on any atom is 0.252 e. The van der Waals surface area contributed by atoms with Gasteiger partial charge in [0.1, 0.15) is 6.04 Å². The Labute approximate surface area is 129 Å². The lowest BCUT2D eigenvalue weighted by molar-refractivity contribution is -0.122. The molecule has 1 amide bonds. The molecule has 7 heteroatoms. The second kappa shape index (κ2) is 7.17. The van der Waals surface area contributed by atoms with Crippen LogP contribution in [0, 0.1) is 0 Å². The van der Waals surface area contributed by atoms with E-state index >= 15 is 0 Å². The zero-order valence-corrected chi connectivity index (χ0v) is 12.6. The van der Waals surface area contributed by atoms with Gasteiger partial charge < -0.3 is 0 Å². The molecule has 4 N–H and O–H groups in total. The number of rotatable bonds is 6. The van der Waals surface area contributed by atoms with E-state index in [1.54, 1.807) is 18.2 Å². The molecule has 2 aromatic carbocycles. The molecule has 0 aliphatic carbocycles. The lowest BCUT2D eigenvalue weighted by Crippen LogP contribution is -2.49. The van der Waals surface area contributed by atoms with Gasteiger partial charge in [-0.3, -0.25) is 10.2 Å². The highest BCUT2D eigenvalue weighted by atomic mass is 32.2. The van der Waals surface area contributed by atoms with E-state index in [9.17, 15) is 13.2 Å². The fraction of sp³-hybridized carbons (Fsp3) is 0.133. The van der Waals surface area contributed by atoms with Crippen LogP contribution in [0.1, 0.15) is 5.56 Å². The molecule has 0 aromatic heterocycles. The summed E-state index contributed by atoms with van der Waals surface area (Å²) in [7, 11) is -3.80. The molecule has 0 spiro atoms. The van der Waals surface area contributed by atoms with Crippen molar-refractivity contribution >= 4 is 15.9 Å². The Hall–Kier alpha value is -2.22. The molecule has 6 nitrogen and oxygen atoms in total. The molecule has 0 aliphatic rings. The van der Waals surface area contributed by atoms with E-state index in [4.69, 9.17) is 5.84 Å². The van der Waals surface area contributed by atoms with Crippen LogP contribution in [0.15, 0.2) is 65.6 Å². The van der Waals surface area contributed by atoms with Gasteiger partial charge in [0.15, 0.2) is 0 Å². The number of carbonyl (C=O) groups is 1. The first-order valence-corrected chi connectivity index (χ1v) is 8.13. The van der Waals surface area contributed by atoms with Gasteiger partial charge in [0.2, 0.25) is 10.0 Å². The maximum absolute atomic E-state index is 12.3. The van der Waals surface area contributed by atoms with Crippen LogP contribution < -0.4 is 16.0 Å². The quantitative estimate of drug-likeness (QED) is 0.411. The largest absolute Gasteiger partial charge is 0.293 e. The number of hydrogen-bond donors (Lipinski definition) is 3. The number of carbonyl (C=O) groups excluding carboxylic acids is 1. The van der Waals surface area contributed by atoms with E-state index in [2.05, 4.69) is 4.72 Å². The third-order valence-electron chi connectivity index (χ3n) is 3.09. The van der Waals surface area contributed by atoms with Crippen LogP contribution in [0.2, 0.25) is 0 Å². The van der Waals surface area contributed by atoms with Gasteiger partial charge in [0, 0.05) is 0 Å². The summed E-state index contributed by atoms with van der Waals surface area (Å²) in [5.41, 5.74) is 2.82. The number of sulfonamides is 1. The normalized spacial score (nSPS) is 12.6. The number of nitrogens with two attached hydrogens (primary N) is 1. The summed E-state index contributed by atoms with van der Waals surface area (Å²) in [4.78, 5) is 12.0. The van der Waals surface area contributed by atoms with Crippen molar-refractivity contribution in [2.75, 3.05) is 0 Å². The standard InChI is InChI=1S/C15H17N3O3S/c16-17-15(19)14(11-12-7-3-1-4-8-12)18-22(20,21)13-9-5-2-6-10-13/h1-10,14,18H,11,16H2,(H,17,19)/t14-/m1/s1. The van der Waals surface area contributed by atoms with E-state index < -0.39 is 22.0 Å². The van der Waals surface area contributed by atoms with Gasteiger partial charge in [0.25, 0.3) is 5.91 Å². The van der Waals surface area contributed by atoms with E-state index in [0.29, 0.717) is 0 Å². The Morgan fingerprint density at radius 1 is 1.00 bits per heavy atom. The van der Waals surface area contributed by atoms with E-state index in [-0.39, 0.29) is 11.3 Å². The fourth-order valence-corrected chi connectivity index (χ4v) is 3.21. The summed E-state index contributed by atoms with van der Waals surface area (Å²) in [6.07, 6.45) is 0.204. The molecule has 22 heavy (non-hydrogen) atoms. The summed E-state index contributed by atoms with van der Waals surface area (Å²) < 4.78 is 27.0. The first-order chi connectivity index (χ1) is 10.5. The van der Waals surface area contributed by atoms with Gasteiger partial charge in [-0.25, -0.2) is 14.3 Å². The first-order valence-electron chi connectivity index (χ1n) is 6.64. The third-order valence-corrected chi connectivity index (χ3v) is 4.58. The SMILES string of the molecule is NNC(=O)[C@@H](Cc1ccccc1)NS(=O)(=O)c1ccccc1. The maximum atomic E-state index is 12.3. The molecule has 0 bridgehead atoms. The minimum Gasteiger partial charge on any atom is -0.293 e. The topological polar surface area (TPSA) is 101 Å². The highest BCUT2D eigenvalue weighted by molar-refractivity contribution is 7.89. The summed E-state index contributed by atoms with van der Waals surface area (Å²) in [6.45, 7) is 0. The van der Waals surface area contributed by atoms with Crippen molar-refractivity contribution in [1.29, 1.82) is 0 Å². The van der Waals surface area contributed by atoms with Crippen LogP contribution in [0.3, 0.4) is 0 Å². The summed E-state index contributed by atoms with van der Waals surface area (Å²) in [5, 5.41) is 0. The lowest BCUT2D eigenvalue weighted by Gasteiger charge is -2.17. The van der Waals surface area contributed by atoms with Crippen molar-refractivity contribution in [3.63, 3.8) is 0 Å². The Balaban J connectivity index is 2.22. The number of nitrogens with one attached hydrogen (secondary N) is 2. The smallest absolute Gasteiger partial charge is 0.252 e. The predicted molar refractivity (Wildman–Crippen MR) is 83.0 cm³/mol. The van der Waals surface area contributed by atoms with E-state index in [1.807, 2.05) is 35.8 Å². The molecule has 2 aromatic rings. The average molecular weight is 319 g/mol. The van der Waals surface area contributed by atoms with Crippen LogP contribution in [-0.2, 0) is 21.2 Å². The molecule has 0 fully saturated rings. The van der Waals surface area contributed by atoms with Gasteiger partial charge in [0.05, 0.1) is 4.90 Å². The minimum absolute atomic E-state index is 0.0953. The number of benzene rings is 2. The highest BCUT2D eigenvalue weighted by Gasteiger charge is 2.25. The van der Waals surface area contributed by atoms with Crippen molar-refractivity contribution < 1.29 is 13.2 Å². The molecular formula is C15H17N3O3S. The van der Waals surface area contributed by atoms with E-state index in [0.717, 1.165) is 5.56 Å². The number of hydrazine groups is 1. The van der Waals surface area contributed by atoms with Crippen molar-refractivity contribution in [1.82, 2.24) is 10.1 Å². The van der Waals surface area contributed by atoms with Crippen molar-refractivity contribution in [3.05, 3.63) is 66.2 Å². The summed E-state index contributed by atoms with van der Waals surface area (Å²) in [6, 6.07) is 16.0. The number of hydrogen-bond acceptors (Lipinski definition) is 4. The average Bonchev–Trinajstić information content (AvgIpc) is 2.55. The molecular weight excluding hydrogens is 302 g/mol. The molecule has 1 atom stereocenters. The predicted octanol–water partition coefficient (Wildman–Crippen LogP) is 0.566. The third kappa shape index (κ3) is 4.14. The first kappa shape index (κ1) is 16.2. The van der Waals surface area contributed by atoms with Crippen molar-refractivity contribution in [3.8, 4) is 0 Å². The minimum atomic E-state index is -3.80. The second-order valence-electron chi connectivity index (χ2n) is 4.69. The molecule has 0 radical (unpaired) electrons. The molecule has 0 saturated carbocycles. The van der Waals surface area contributed by atoms with Crippen LogP contribution in [-0.4, -0.2) is 20.4 Å². The molecule has 0 aliphatic heterocycles. The van der Waals surface area contributed by atoms with Crippen LogP contribution in [0.5, 0.6) is 0 Å². The highest BCUT2D eigenvalue weighted by Crippen LogP contribution is 2.10. The van der Waals surface area contributed by atoms with Gasteiger partial charge >= 0.3 is 0 Å². The molecule has 0 saturated heterocycles. The van der Waals surface area contributed by atoms with Crippen LogP contribution >= 0.6 is 0 Å². The Bertz CT molecular complexity index is 718. The molecule has 0 heterocycles. The van der Waals surface area contributed by atoms with Gasteiger partial charge in [-0.2, -0.15) is 4.72 Å². The van der Waals surface area contributed by atoms with Crippen molar-refractivity contribution in [2.45, 2.75) is 17.4 Å². The number of amides is 1. The lowest BCUT2D eigenvalue weighted by atomic mass is 10.1. The Morgan fingerprint density at radius 2 is 1.55 bits per heavy atom. The summed E-state index contributed by atoms with van der Waals surface area (Å²) in [5.74, 6) is 4.56. The van der Waals surface area contributed by atoms with E-state index in [1.165, 1.54) is 12.1 Å². The monoisotopic (exact) mass is 319 g/mol. The molecule has 116 valence electrons. The Morgan fingerprint density at radius 3 is 2.09 bits per heavy atom. The van der Waals surface area contributed by atoms with Gasteiger partial charge in [-0.1, -0.05) is 48.5 Å². The zero-order valence-electron chi connectivity index (χ0n) is 11.8. The fourth-order valence-electron chi connectivity index (χ4n) is 1.99. The van der Waals surface area contributed by atoms with Gasteiger partial charge in [-0.05, 0) is 24.1 Å².